The molecule has 0 aliphatic rings. The molecule has 0 aliphatic carbocycles. The first-order valence-electron chi connectivity index (χ1n) is 9.37. The van der Waals surface area contributed by atoms with E-state index in [0.29, 0.717) is 29.1 Å². The van der Waals surface area contributed by atoms with Crippen LogP contribution < -0.4 is 5.63 Å². The summed E-state index contributed by atoms with van der Waals surface area (Å²) in [5.74, 6) is -0.106. The molecule has 0 saturated carbocycles. The number of azo groups is 1. The summed E-state index contributed by atoms with van der Waals surface area (Å²) in [4.78, 5) is 12.1. The molecule has 0 aliphatic heterocycles. The van der Waals surface area contributed by atoms with Crippen molar-refractivity contribution in [2.24, 2.45) is 10.2 Å². The number of nitrogens with zero attached hydrogens (tertiary/aromatic N) is 2. The Bertz CT molecular complexity index is 1350. The number of aryl methyl sites for hydroxylation is 2. The van der Waals surface area contributed by atoms with E-state index in [2.05, 4.69) is 10.2 Å². The highest BCUT2D eigenvalue weighted by Crippen LogP contribution is 2.34. The number of hydrogen-bond acceptors (Lipinski definition) is 7. The maximum Gasteiger partial charge on any atom is 0.368 e. The minimum atomic E-state index is -0.807. The van der Waals surface area contributed by atoms with Crippen LogP contribution in [-0.2, 0) is 12.8 Å². The third-order valence-electron chi connectivity index (χ3n) is 4.76. The highest BCUT2D eigenvalue weighted by atomic mass is 35.5. The molecule has 31 heavy (non-hydrogen) atoms. The predicted octanol–water partition coefficient (Wildman–Crippen LogP) is 5.76. The van der Waals surface area contributed by atoms with E-state index in [4.69, 9.17) is 16.0 Å². The van der Waals surface area contributed by atoms with E-state index in [9.17, 15) is 20.1 Å². The fourth-order valence-corrected chi connectivity index (χ4v) is 3.30. The zero-order chi connectivity index (χ0) is 22.0. The first-order valence-corrected chi connectivity index (χ1v) is 9.75. The van der Waals surface area contributed by atoms with Gasteiger partial charge >= 0.3 is 5.63 Å². The van der Waals surface area contributed by atoms with Crippen LogP contribution in [0.4, 0.5) is 11.4 Å². The summed E-state index contributed by atoms with van der Waals surface area (Å²) in [6.45, 7) is 0. The fraction of sp³-hybridized carbons (Fsp3) is 0.0870. The van der Waals surface area contributed by atoms with Crippen LogP contribution >= 0.6 is 11.6 Å². The first kappa shape index (κ1) is 20.4. The van der Waals surface area contributed by atoms with Gasteiger partial charge in [0.1, 0.15) is 17.1 Å². The Morgan fingerprint density at radius 1 is 0.871 bits per heavy atom. The Kier molecular flexibility index (Phi) is 5.60. The van der Waals surface area contributed by atoms with Crippen molar-refractivity contribution in [2.45, 2.75) is 12.8 Å². The number of benzene rings is 3. The van der Waals surface area contributed by atoms with Crippen LogP contribution in [0.5, 0.6) is 17.2 Å². The number of aromatic hydroxyl groups is 3. The predicted molar refractivity (Wildman–Crippen MR) is 117 cm³/mol. The summed E-state index contributed by atoms with van der Waals surface area (Å²) in [6.07, 6.45) is 1.19. The van der Waals surface area contributed by atoms with E-state index in [1.165, 1.54) is 30.3 Å². The number of halogens is 1. The number of rotatable bonds is 5. The summed E-state index contributed by atoms with van der Waals surface area (Å²) < 4.78 is 5.16. The molecule has 0 fully saturated rings. The maximum atomic E-state index is 12.1. The van der Waals surface area contributed by atoms with Crippen molar-refractivity contribution in [1.29, 1.82) is 0 Å². The molecule has 0 radical (unpaired) electrons. The molecular weight excluding hydrogens is 420 g/mol. The second-order valence-corrected chi connectivity index (χ2v) is 7.34. The monoisotopic (exact) mass is 436 g/mol. The van der Waals surface area contributed by atoms with Gasteiger partial charge in [-0.05, 0) is 72.5 Å². The molecule has 1 aromatic heterocycles. The highest BCUT2D eigenvalue weighted by molar-refractivity contribution is 6.31. The molecule has 4 rings (SSSR count). The lowest BCUT2D eigenvalue weighted by Crippen LogP contribution is -1.98. The summed E-state index contributed by atoms with van der Waals surface area (Å²) in [6, 6.07) is 16.1. The number of fused-ring (bicyclic) bond motifs is 1. The Balaban J connectivity index is 1.51. The van der Waals surface area contributed by atoms with E-state index in [1.807, 2.05) is 12.1 Å². The highest BCUT2D eigenvalue weighted by Gasteiger charge is 2.14. The number of phenols is 2. The van der Waals surface area contributed by atoms with Gasteiger partial charge in [0.15, 0.2) is 5.75 Å². The van der Waals surface area contributed by atoms with Crippen LogP contribution in [0.2, 0.25) is 5.02 Å². The number of hydrogen-bond donors (Lipinski definition) is 3. The molecule has 0 atom stereocenters. The lowest BCUT2D eigenvalue weighted by molar-refractivity contribution is 0.454. The summed E-state index contributed by atoms with van der Waals surface area (Å²) >= 11 is 5.94. The van der Waals surface area contributed by atoms with Crippen molar-refractivity contribution in [3.63, 3.8) is 0 Å². The average Bonchev–Trinajstić information content (AvgIpc) is 2.76. The van der Waals surface area contributed by atoms with Crippen LogP contribution in [0.15, 0.2) is 80.1 Å². The Labute approximate surface area is 181 Å². The van der Waals surface area contributed by atoms with E-state index in [1.54, 1.807) is 18.2 Å². The van der Waals surface area contributed by atoms with Crippen molar-refractivity contribution < 1.29 is 19.7 Å². The topological polar surface area (TPSA) is 116 Å². The molecule has 4 aromatic rings. The molecule has 1 heterocycles. The van der Waals surface area contributed by atoms with Crippen LogP contribution in [0.1, 0.15) is 11.1 Å². The summed E-state index contributed by atoms with van der Waals surface area (Å²) in [5.41, 5.74) is 1.21. The largest absolute Gasteiger partial charge is 0.508 e. The summed E-state index contributed by atoms with van der Waals surface area (Å²) in [7, 11) is 0. The van der Waals surface area contributed by atoms with Crippen LogP contribution in [0.3, 0.4) is 0 Å². The van der Waals surface area contributed by atoms with E-state index in [0.717, 1.165) is 5.56 Å². The molecule has 0 amide bonds. The van der Waals surface area contributed by atoms with Crippen molar-refractivity contribution in [1.82, 2.24) is 0 Å². The van der Waals surface area contributed by atoms with E-state index in [-0.39, 0.29) is 33.9 Å². The van der Waals surface area contributed by atoms with Gasteiger partial charge in [0.25, 0.3) is 0 Å². The Hall–Kier alpha value is -3.84. The minimum absolute atomic E-state index is 0.104. The van der Waals surface area contributed by atoms with Gasteiger partial charge in [-0.1, -0.05) is 23.7 Å². The average molecular weight is 437 g/mol. The molecule has 0 unspecified atom stereocenters. The van der Waals surface area contributed by atoms with Gasteiger partial charge in [0.05, 0.1) is 11.1 Å². The van der Waals surface area contributed by atoms with Crippen molar-refractivity contribution in [3.05, 3.63) is 87.2 Å². The second kappa shape index (κ2) is 8.49. The van der Waals surface area contributed by atoms with Gasteiger partial charge in [-0.3, -0.25) is 0 Å². The molecular formula is C23H17ClN2O5. The lowest BCUT2D eigenvalue weighted by Gasteiger charge is -2.06. The second-order valence-electron chi connectivity index (χ2n) is 6.91. The van der Waals surface area contributed by atoms with Gasteiger partial charge in [-0.25, -0.2) is 4.79 Å². The van der Waals surface area contributed by atoms with Gasteiger partial charge in [0, 0.05) is 5.02 Å². The first-order chi connectivity index (χ1) is 14.9. The van der Waals surface area contributed by atoms with Crippen molar-refractivity contribution in [3.8, 4) is 17.2 Å². The molecule has 3 aromatic carbocycles. The molecule has 156 valence electrons. The Morgan fingerprint density at radius 3 is 2.42 bits per heavy atom. The number of phenolic OH excluding ortho intramolecular Hbond substituents is 2. The zero-order valence-corrected chi connectivity index (χ0v) is 16.9. The molecule has 8 heteroatoms. The molecule has 0 saturated heterocycles. The van der Waals surface area contributed by atoms with Gasteiger partial charge in [-0.2, -0.15) is 5.11 Å². The smallest absolute Gasteiger partial charge is 0.368 e. The zero-order valence-electron chi connectivity index (χ0n) is 16.1. The Morgan fingerprint density at radius 2 is 1.65 bits per heavy atom. The van der Waals surface area contributed by atoms with Gasteiger partial charge < -0.3 is 19.7 Å². The van der Waals surface area contributed by atoms with Crippen molar-refractivity contribution in [2.75, 3.05) is 0 Å². The molecule has 0 bridgehead atoms. The SMILES string of the molecule is O=c1oc2ccc(Cl)cc2c(O)c1N=Nc1ccc(CCc2cc(O)ccc2O)cc1. The molecule has 0 spiro atoms. The lowest BCUT2D eigenvalue weighted by atomic mass is 10.0. The summed E-state index contributed by atoms with van der Waals surface area (Å²) in [5, 5.41) is 38.3. The third-order valence-corrected chi connectivity index (χ3v) is 5.00. The normalized spacial score (nSPS) is 11.4. The minimum Gasteiger partial charge on any atom is -0.508 e. The van der Waals surface area contributed by atoms with E-state index < -0.39 is 5.63 Å². The van der Waals surface area contributed by atoms with E-state index >= 15 is 0 Å². The molecule has 3 N–H and O–H groups in total. The molecule has 7 nitrogen and oxygen atoms in total. The van der Waals surface area contributed by atoms with Gasteiger partial charge in [-0.15, -0.1) is 5.11 Å². The fourth-order valence-electron chi connectivity index (χ4n) is 3.13. The maximum absolute atomic E-state index is 12.1. The third kappa shape index (κ3) is 4.51. The van der Waals surface area contributed by atoms with Gasteiger partial charge in [0.2, 0.25) is 5.69 Å². The van der Waals surface area contributed by atoms with Crippen LogP contribution in [0.25, 0.3) is 11.0 Å². The van der Waals surface area contributed by atoms with Crippen LogP contribution in [-0.4, -0.2) is 15.3 Å². The quantitative estimate of drug-likeness (QED) is 0.209. The van der Waals surface area contributed by atoms with Crippen molar-refractivity contribution >= 4 is 33.9 Å². The standard InChI is InChI=1S/C23H17ClN2O5/c24-15-5-10-20-18(12-15)22(29)21(23(30)31-20)26-25-16-6-2-13(3-7-16)1-4-14-11-17(27)8-9-19(14)28/h2-3,5-12,27-29H,1,4H2. The van der Waals surface area contributed by atoms with Crippen LogP contribution in [0, 0.1) is 0 Å².